The van der Waals surface area contributed by atoms with Crippen molar-refractivity contribution >= 4 is 45.8 Å². The van der Waals surface area contributed by atoms with E-state index in [0.717, 1.165) is 18.2 Å². The van der Waals surface area contributed by atoms with Gasteiger partial charge in [0, 0.05) is 35.5 Å². The third kappa shape index (κ3) is 5.02. The first-order valence-electron chi connectivity index (χ1n) is 11.1. The number of benzene rings is 3. The fourth-order valence-corrected chi connectivity index (χ4v) is 4.07. The Morgan fingerprint density at radius 2 is 1.69 bits per heavy atom. The molecular formula is C26H19ClF2N4O3. The average molecular weight is 509 g/mol. The quantitative estimate of drug-likeness (QED) is 0.387. The molecule has 1 aliphatic rings. The van der Waals surface area contributed by atoms with E-state index in [1.54, 1.807) is 24.4 Å². The third-order valence-corrected chi connectivity index (χ3v) is 6.02. The summed E-state index contributed by atoms with van der Waals surface area (Å²) in [7, 11) is 0. The minimum Gasteiger partial charge on any atom is -0.378 e. The highest BCUT2D eigenvalue weighted by molar-refractivity contribution is 6.31. The smallest absolute Gasteiger partial charge is 0.255 e. The molecule has 7 nitrogen and oxygen atoms in total. The van der Waals surface area contributed by atoms with Gasteiger partial charge in [0.1, 0.15) is 17.5 Å². The van der Waals surface area contributed by atoms with Crippen LogP contribution >= 0.6 is 11.6 Å². The van der Waals surface area contributed by atoms with Crippen molar-refractivity contribution in [3.05, 3.63) is 94.1 Å². The number of hydrogen-bond acceptors (Lipinski definition) is 6. The maximum atomic E-state index is 14.4. The fourth-order valence-electron chi connectivity index (χ4n) is 3.89. The van der Waals surface area contributed by atoms with Crippen molar-refractivity contribution in [2.24, 2.45) is 0 Å². The van der Waals surface area contributed by atoms with Gasteiger partial charge in [-0.05, 0) is 54.6 Å². The molecule has 10 heteroatoms. The van der Waals surface area contributed by atoms with E-state index in [4.69, 9.17) is 16.3 Å². The second-order valence-electron chi connectivity index (χ2n) is 8.17. The van der Waals surface area contributed by atoms with Crippen LogP contribution in [0.4, 0.5) is 20.3 Å². The highest BCUT2D eigenvalue weighted by Crippen LogP contribution is 2.23. The molecule has 1 amide bonds. The molecule has 0 spiro atoms. The molecular weight excluding hydrogens is 490 g/mol. The lowest BCUT2D eigenvalue weighted by Crippen LogP contribution is -2.36. The van der Waals surface area contributed by atoms with Crippen molar-refractivity contribution in [3.63, 3.8) is 0 Å². The second-order valence-corrected chi connectivity index (χ2v) is 8.58. The maximum absolute atomic E-state index is 14.4. The first-order valence-corrected chi connectivity index (χ1v) is 11.5. The van der Waals surface area contributed by atoms with Gasteiger partial charge in [-0.3, -0.25) is 14.6 Å². The summed E-state index contributed by atoms with van der Waals surface area (Å²) in [5.74, 6) is -1.76. The molecule has 1 fully saturated rings. The third-order valence-electron chi connectivity index (χ3n) is 5.73. The van der Waals surface area contributed by atoms with Crippen LogP contribution in [-0.2, 0) is 4.74 Å². The monoisotopic (exact) mass is 508 g/mol. The molecule has 5 rings (SSSR count). The standard InChI is InChI=1S/C26H19ClF2N4O3/c27-20-11-16(1-3-21(20)29)26(35)31-19-10-17(9-18(28)13-19)25(34)15-2-4-22-23(12-15)32-24(14-30-22)33-5-7-36-8-6-33/h1-4,9-14H,5-8H2,(H,31,35). The Kier molecular flexibility index (Phi) is 6.58. The topological polar surface area (TPSA) is 84.4 Å². The van der Waals surface area contributed by atoms with Crippen molar-refractivity contribution in [2.45, 2.75) is 0 Å². The van der Waals surface area contributed by atoms with Crippen LogP contribution in [0.3, 0.4) is 0 Å². The zero-order valence-corrected chi connectivity index (χ0v) is 19.6. The predicted octanol–water partition coefficient (Wildman–Crippen LogP) is 4.88. The van der Waals surface area contributed by atoms with Crippen molar-refractivity contribution in [1.29, 1.82) is 0 Å². The van der Waals surface area contributed by atoms with Crippen molar-refractivity contribution in [3.8, 4) is 0 Å². The van der Waals surface area contributed by atoms with Crippen LogP contribution in [0.25, 0.3) is 11.0 Å². The van der Waals surface area contributed by atoms with Crippen LogP contribution in [0.15, 0.2) is 60.8 Å². The number of fused-ring (bicyclic) bond motifs is 1. The van der Waals surface area contributed by atoms with Crippen LogP contribution in [0.1, 0.15) is 26.3 Å². The van der Waals surface area contributed by atoms with Crippen LogP contribution in [0.2, 0.25) is 5.02 Å². The Morgan fingerprint density at radius 3 is 2.47 bits per heavy atom. The van der Waals surface area contributed by atoms with E-state index in [9.17, 15) is 18.4 Å². The molecule has 4 aromatic rings. The number of nitrogens with zero attached hydrogens (tertiary/aromatic N) is 3. The molecule has 0 aliphatic carbocycles. The highest BCUT2D eigenvalue weighted by atomic mass is 35.5. The molecule has 1 saturated heterocycles. The number of carbonyl (C=O) groups is 2. The highest BCUT2D eigenvalue weighted by Gasteiger charge is 2.17. The molecule has 0 unspecified atom stereocenters. The number of amides is 1. The number of halogens is 3. The van der Waals surface area contributed by atoms with Crippen molar-refractivity contribution in [2.75, 3.05) is 36.5 Å². The average Bonchev–Trinajstić information content (AvgIpc) is 2.89. The van der Waals surface area contributed by atoms with E-state index in [2.05, 4.69) is 20.2 Å². The lowest BCUT2D eigenvalue weighted by atomic mass is 10.0. The first kappa shape index (κ1) is 23.8. The molecule has 1 aliphatic heterocycles. The van der Waals surface area contributed by atoms with Crippen LogP contribution in [0.5, 0.6) is 0 Å². The number of carbonyl (C=O) groups excluding carboxylic acids is 2. The van der Waals surface area contributed by atoms with E-state index in [0.29, 0.717) is 48.7 Å². The number of nitrogens with one attached hydrogen (secondary N) is 1. The number of aromatic nitrogens is 2. The minimum atomic E-state index is -0.705. The fraction of sp³-hybridized carbons (Fsp3) is 0.154. The van der Waals surface area contributed by atoms with Gasteiger partial charge in [0.25, 0.3) is 5.91 Å². The molecule has 0 bridgehead atoms. The minimum absolute atomic E-state index is 0.0408. The number of ether oxygens (including phenoxy) is 1. The van der Waals surface area contributed by atoms with Gasteiger partial charge in [-0.2, -0.15) is 0 Å². The van der Waals surface area contributed by atoms with Gasteiger partial charge in [0.15, 0.2) is 5.78 Å². The zero-order chi connectivity index (χ0) is 25.2. The van der Waals surface area contributed by atoms with Gasteiger partial charge in [-0.1, -0.05) is 11.6 Å². The van der Waals surface area contributed by atoms with E-state index >= 15 is 0 Å². The zero-order valence-electron chi connectivity index (χ0n) is 18.8. The molecule has 2 heterocycles. The van der Waals surface area contributed by atoms with E-state index in [1.807, 2.05) is 0 Å². The predicted molar refractivity (Wildman–Crippen MR) is 132 cm³/mol. The summed E-state index contributed by atoms with van der Waals surface area (Å²) in [6, 6.07) is 11.9. The first-order chi connectivity index (χ1) is 17.4. The molecule has 182 valence electrons. The van der Waals surface area contributed by atoms with Gasteiger partial charge in [0.2, 0.25) is 0 Å². The molecule has 3 aromatic carbocycles. The number of hydrogen-bond donors (Lipinski definition) is 1. The Hall–Kier alpha value is -3.95. The molecule has 36 heavy (non-hydrogen) atoms. The number of morpholine rings is 1. The molecule has 0 radical (unpaired) electrons. The Labute approximate surface area is 209 Å². The van der Waals surface area contributed by atoms with Crippen LogP contribution < -0.4 is 10.2 Å². The summed E-state index contributed by atoms with van der Waals surface area (Å²) < 4.78 is 33.1. The Balaban J connectivity index is 1.41. The Bertz CT molecular complexity index is 1490. The number of rotatable bonds is 5. The summed E-state index contributed by atoms with van der Waals surface area (Å²) in [5.41, 5.74) is 1.64. The molecule has 0 atom stereocenters. The second kappa shape index (κ2) is 9.96. The number of anilines is 2. The van der Waals surface area contributed by atoms with E-state index in [1.165, 1.54) is 18.2 Å². The Morgan fingerprint density at radius 1 is 0.917 bits per heavy atom. The van der Waals surface area contributed by atoms with E-state index < -0.39 is 23.3 Å². The van der Waals surface area contributed by atoms with Gasteiger partial charge >= 0.3 is 0 Å². The lowest BCUT2D eigenvalue weighted by Gasteiger charge is -2.27. The summed E-state index contributed by atoms with van der Waals surface area (Å²) >= 11 is 5.74. The van der Waals surface area contributed by atoms with E-state index in [-0.39, 0.29) is 21.8 Å². The summed E-state index contributed by atoms with van der Waals surface area (Å²) in [5, 5.41) is 2.30. The van der Waals surface area contributed by atoms with Crippen LogP contribution in [0, 0.1) is 11.6 Å². The molecule has 1 aromatic heterocycles. The molecule has 1 N–H and O–H groups in total. The van der Waals surface area contributed by atoms with Gasteiger partial charge in [-0.15, -0.1) is 0 Å². The van der Waals surface area contributed by atoms with Gasteiger partial charge in [-0.25, -0.2) is 13.8 Å². The number of ketones is 1. The maximum Gasteiger partial charge on any atom is 0.255 e. The summed E-state index contributed by atoms with van der Waals surface area (Å²) in [6.07, 6.45) is 1.69. The normalized spacial score (nSPS) is 13.6. The van der Waals surface area contributed by atoms with Crippen molar-refractivity contribution in [1.82, 2.24) is 9.97 Å². The summed E-state index contributed by atoms with van der Waals surface area (Å²) in [6.45, 7) is 2.59. The SMILES string of the molecule is O=C(Nc1cc(F)cc(C(=O)c2ccc3ncc(N4CCOCC4)nc3c2)c1)c1ccc(F)c(Cl)c1. The lowest BCUT2D eigenvalue weighted by molar-refractivity contribution is 0.102. The summed E-state index contributed by atoms with van der Waals surface area (Å²) in [4.78, 5) is 36.9. The van der Waals surface area contributed by atoms with Gasteiger partial charge in [0.05, 0.1) is 35.5 Å². The van der Waals surface area contributed by atoms with Crippen molar-refractivity contribution < 1.29 is 23.1 Å². The molecule has 0 saturated carbocycles. The largest absolute Gasteiger partial charge is 0.378 e. The van der Waals surface area contributed by atoms with Gasteiger partial charge < -0.3 is 15.0 Å². The van der Waals surface area contributed by atoms with Crippen LogP contribution in [-0.4, -0.2) is 48.0 Å².